The lowest BCUT2D eigenvalue weighted by Gasteiger charge is -2.23. The molecule has 1 aromatic heterocycles. The number of rotatable bonds is 9. The molecule has 30 heavy (non-hydrogen) atoms. The van der Waals surface area contributed by atoms with Crippen molar-refractivity contribution in [3.05, 3.63) is 65.2 Å². The number of carbonyl (C=O) groups is 1. The molecule has 0 aliphatic carbocycles. The van der Waals surface area contributed by atoms with Gasteiger partial charge in [0.05, 0.1) is 17.6 Å². The number of carbonyl (C=O) groups excluding carboxylic acids is 1. The Kier molecular flexibility index (Phi) is 7.13. The standard InChI is InChI=1S/C23H26F3N3O/c1-3-5-6-14-28(23(30)16-9-7-10-17(24)21(16)26)15-20-27-22-18(25)11-8-12-19(22)29(20)13-4-2/h7-12H,3-6,13-15H2,1-2H3. The highest BCUT2D eigenvalue weighted by atomic mass is 19.2. The van der Waals surface area contributed by atoms with Gasteiger partial charge in [-0.25, -0.2) is 18.2 Å². The van der Waals surface area contributed by atoms with Crippen molar-refractivity contribution in [1.82, 2.24) is 14.5 Å². The zero-order valence-electron chi connectivity index (χ0n) is 17.3. The first-order chi connectivity index (χ1) is 14.5. The maximum atomic E-state index is 14.3. The van der Waals surface area contributed by atoms with Crippen LogP contribution in [0.2, 0.25) is 0 Å². The molecule has 1 amide bonds. The van der Waals surface area contributed by atoms with E-state index in [2.05, 4.69) is 4.98 Å². The minimum Gasteiger partial charge on any atom is -0.331 e. The molecule has 0 aliphatic rings. The molecule has 1 heterocycles. The van der Waals surface area contributed by atoms with Gasteiger partial charge in [0.25, 0.3) is 5.91 Å². The SMILES string of the molecule is CCCCCN(Cc1nc2c(F)cccc2n1CCC)C(=O)c1cccc(F)c1F. The van der Waals surface area contributed by atoms with E-state index in [0.29, 0.717) is 24.4 Å². The largest absolute Gasteiger partial charge is 0.331 e. The molecular weight excluding hydrogens is 391 g/mol. The molecule has 0 atom stereocenters. The minimum atomic E-state index is -1.16. The van der Waals surface area contributed by atoms with Crippen LogP contribution >= 0.6 is 0 Å². The summed E-state index contributed by atoms with van der Waals surface area (Å²) in [4.78, 5) is 19.0. The molecule has 7 heteroatoms. The van der Waals surface area contributed by atoms with Gasteiger partial charge >= 0.3 is 0 Å². The Hall–Kier alpha value is -2.83. The first-order valence-electron chi connectivity index (χ1n) is 10.3. The predicted octanol–water partition coefficient (Wildman–Crippen LogP) is 5.70. The molecule has 0 spiro atoms. The molecule has 3 aromatic rings. The second kappa shape index (κ2) is 9.78. The van der Waals surface area contributed by atoms with Gasteiger partial charge in [0.2, 0.25) is 0 Å². The van der Waals surface area contributed by atoms with Crippen LogP contribution < -0.4 is 0 Å². The van der Waals surface area contributed by atoms with Crippen LogP contribution in [0.4, 0.5) is 13.2 Å². The number of hydrogen-bond donors (Lipinski definition) is 0. The summed E-state index contributed by atoms with van der Waals surface area (Å²) in [7, 11) is 0. The summed E-state index contributed by atoms with van der Waals surface area (Å²) in [5.74, 6) is -2.72. The fourth-order valence-electron chi connectivity index (χ4n) is 3.57. The maximum Gasteiger partial charge on any atom is 0.257 e. The van der Waals surface area contributed by atoms with Gasteiger partial charge in [-0.2, -0.15) is 0 Å². The lowest BCUT2D eigenvalue weighted by Crippen LogP contribution is -2.33. The van der Waals surface area contributed by atoms with E-state index < -0.39 is 23.4 Å². The van der Waals surface area contributed by atoms with Crippen LogP contribution in [0.5, 0.6) is 0 Å². The molecule has 160 valence electrons. The van der Waals surface area contributed by atoms with Crippen molar-refractivity contribution in [2.75, 3.05) is 6.54 Å². The summed E-state index contributed by atoms with van der Waals surface area (Å²) in [5.41, 5.74) is 0.597. The van der Waals surface area contributed by atoms with E-state index >= 15 is 0 Å². The third-order valence-corrected chi connectivity index (χ3v) is 5.09. The average molecular weight is 417 g/mol. The number of nitrogens with zero attached hydrogens (tertiary/aromatic N) is 3. The first kappa shape index (κ1) is 21.9. The molecule has 3 rings (SSSR count). The normalized spacial score (nSPS) is 11.2. The second-order valence-corrected chi connectivity index (χ2v) is 7.32. The predicted molar refractivity (Wildman–Crippen MR) is 111 cm³/mol. The second-order valence-electron chi connectivity index (χ2n) is 7.32. The molecule has 0 saturated carbocycles. The lowest BCUT2D eigenvalue weighted by molar-refractivity contribution is 0.0728. The Morgan fingerprint density at radius 1 is 1.00 bits per heavy atom. The Balaban J connectivity index is 1.99. The van der Waals surface area contributed by atoms with E-state index in [4.69, 9.17) is 0 Å². The zero-order valence-corrected chi connectivity index (χ0v) is 17.3. The minimum absolute atomic E-state index is 0.0899. The van der Waals surface area contributed by atoms with Gasteiger partial charge in [-0.15, -0.1) is 0 Å². The molecule has 0 unspecified atom stereocenters. The molecule has 0 aliphatic heterocycles. The topological polar surface area (TPSA) is 38.1 Å². The van der Waals surface area contributed by atoms with Gasteiger partial charge in [-0.05, 0) is 37.1 Å². The monoisotopic (exact) mass is 417 g/mol. The van der Waals surface area contributed by atoms with E-state index in [1.165, 1.54) is 23.1 Å². The van der Waals surface area contributed by atoms with E-state index in [0.717, 1.165) is 31.7 Å². The number of hydrogen-bond acceptors (Lipinski definition) is 2. The Morgan fingerprint density at radius 2 is 1.73 bits per heavy atom. The van der Waals surface area contributed by atoms with Crippen molar-refractivity contribution < 1.29 is 18.0 Å². The number of amides is 1. The molecular formula is C23H26F3N3O. The summed E-state index contributed by atoms with van der Waals surface area (Å²) in [5, 5.41) is 0. The van der Waals surface area contributed by atoms with Gasteiger partial charge in [-0.1, -0.05) is 38.8 Å². The number of halogens is 3. The smallest absolute Gasteiger partial charge is 0.257 e. The summed E-state index contributed by atoms with van der Waals surface area (Å²) in [6.07, 6.45) is 3.38. The van der Waals surface area contributed by atoms with E-state index in [1.54, 1.807) is 12.1 Å². The van der Waals surface area contributed by atoms with Gasteiger partial charge in [0, 0.05) is 13.1 Å². The van der Waals surface area contributed by atoms with Crippen LogP contribution in [0, 0.1) is 17.5 Å². The summed E-state index contributed by atoms with van der Waals surface area (Å²) in [6, 6.07) is 8.35. The third-order valence-electron chi connectivity index (χ3n) is 5.09. The van der Waals surface area contributed by atoms with Crippen LogP contribution in [0.25, 0.3) is 11.0 Å². The fourth-order valence-corrected chi connectivity index (χ4v) is 3.57. The molecule has 0 radical (unpaired) electrons. The Bertz CT molecular complexity index is 1030. The highest BCUT2D eigenvalue weighted by molar-refractivity contribution is 5.94. The van der Waals surface area contributed by atoms with E-state index in [-0.39, 0.29) is 17.6 Å². The number of imidazole rings is 1. The number of unbranched alkanes of at least 4 members (excludes halogenated alkanes) is 2. The van der Waals surface area contributed by atoms with Crippen LogP contribution in [0.1, 0.15) is 55.7 Å². The zero-order chi connectivity index (χ0) is 21.7. The molecule has 0 bridgehead atoms. The van der Waals surface area contributed by atoms with Crippen LogP contribution in [-0.4, -0.2) is 26.9 Å². The van der Waals surface area contributed by atoms with Crippen molar-refractivity contribution >= 4 is 16.9 Å². The molecule has 0 fully saturated rings. The summed E-state index contributed by atoms with van der Waals surface area (Å²) in [6.45, 7) is 5.12. The number of benzene rings is 2. The first-order valence-corrected chi connectivity index (χ1v) is 10.3. The van der Waals surface area contributed by atoms with Crippen molar-refractivity contribution in [2.24, 2.45) is 0 Å². The third kappa shape index (κ3) is 4.50. The van der Waals surface area contributed by atoms with E-state index in [1.807, 2.05) is 18.4 Å². The maximum absolute atomic E-state index is 14.3. The molecule has 0 saturated heterocycles. The number of fused-ring (bicyclic) bond motifs is 1. The highest BCUT2D eigenvalue weighted by Crippen LogP contribution is 2.22. The van der Waals surface area contributed by atoms with Gasteiger partial charge < -0.3 is 9.47 Å². The van der Waals surface area contributed by atoms with Crippen molar-refractivity contribution in [2.45, 2.75) is 52.6 Å². The number of aromatic nitrogens is 2. The fraction of sp³-hybridized carbons (Fsp3) is 0.391. The highest BCUT2D eigenvalue weighted by Gasteiger charge is 2.24. The Labute approximate surface area is 174 Å². The number of para-hydroxylation sites is 1. The van der Waals surface area contributed by atoms with Crippen LogP contribution in [-0.2, 0) is 13.1 Å². The van der Waals surface area contributed by atoms with Crippen molar-refractivity contribution in [1.29, 1.82) is 0 Å². The van der Waals surface area contributed by atoms with Crippen LogP contribution in [0.15, 0.2) is 36.4 Å². The van der Waals surface area contributed by atoms with Gasteiger partial charge in [0.1, 0.15) is 11.3 Å². The van der Waals surface area contributed by atoms with Gasteiger partial charge in [-0.3, -0.25) is 4.79 Å². The van der Waals surface area contributed by atoms with Crippen LogP contribution in [0.3, 0.4) is 0 Å². The van der Waals surface area contributed by atoms with Crippen molar-refractivity contribution in [3.8, 4) is 0 Å². The Morgan fingerprint density at radius 3 is 2.47 bits per heavy atom. The molecule has 2 aromatic carbocycles. The van der Waals surface area contributed by atoms with E-state index in [9.17, 15) is 18.0 Å². The summed E-state index contributed by atoms with van der Waals surface area (Å²) >= 11 is 0. The molecule has 4 nitrogen and oxygen atoms in total. The quantitative estimate of drug-likeness (QED) is 0.419. The summed E-state index contributed by atoms with van der Waals surface area (Å²) < 4.78 is 44.1. The van der Waals surface area contributed by atoms with Crippen molar-refractivity contribution in [3.63, 3.8) is 0 Å². The number of aryl methyl sites for hydroxylation is 1. The average Bonchev–Trinajstić information content (AvgIpc) is 3.08. The lowest BCUT2D eigenvalue weighted by atomic mass is 10.1. The van der Waals surface area contributed by atoms with Gasteiger partial charge in [0.15, 0.2) is 17.5 Å². The molecule has 0 N–H and O–H groups in total.